The van der Waals surface area contributed by atoms with E-state index >= 15 is 0 Å². The molecular formula is C6H10O7. The Bertz CT molecular complexity index is 201. The standard InChI is InChI=1S/C6H10O7/c7-1-2(8)3(9)4(10)5(11)6(12)13/h3-5,7,9-11H,1H2,(H,12,13)/t3-,4-,5-/m0/s1. The summed E-state index contributed by atoms with van der Waals surface area (Å²) in [6, 6.07) is 0. The Balaban J connectivity index is 4.32. The summed E-state index contributed by atoms with van der Waals surface area (Å²) in [7, 11) is 0. The Morgan fingerprint density at radius 1 is 1.08 bits per heavy atom. The summed E-state index contributed by atoms with van der Waals surface area (Å²) in [5.74, 6) is -2.93. The molecule has 0 aromatic rings. The first kappa shape index (κ1) is 12.0. The van der Waals surface area contributed by atoms with Crippen molar-refractivity contribution < 1.29 is 35.1 Å². The monoisotopic (exact) mass is 194 g/mol. The van der Waals surface area contributed by atoms with Gasteiger partial charge in [0.1, 0.15) is 18.8 Å². The molecule has 0 fully saturated rings. The van der Waals surface area contributed by atoms with Crippen molar-refractivity contribution in [3.8, 4) is 0 Å². The minimum absolute atomic E-state index is 1.04. The van der Waals surface area contributed by atoms with Gasteiger partial charge in [0.2, 0.25) is 0 Å². The molecule has 0 aromatic heterocycles. The average molecular weight is 194 g/mol. The number of hydrogen-bond acceptors (Lipinski definition) is 6. The van der Waals surface area contributed by atoms with Gasteiger partial charge in [0.05, 0.1) is 0 Å². The lowest BCUT2D eigenvalue weighted by Crippen LogP contribution is -2.46. The number of rotatable bonds is 5. The Morgan fingerprint density at radius 3 is 1.85 bits per heavy atom. The molecule has 0 heterocycles. The van der Waals surface area contributed by atoms with E-state index in [4.69, 9.17) is 25.5 Å². The second-order valence-corrected chi connectivity index (χ2v) is 2.34. The molecule has 7 nitrogen and oxygen atoms in total. The van der Waals surface area contributed by atoms with Crippen LogP contribution in [0.2, 0.25) is 0 Å². The topological polar surface area (TPSA) is 135 Å². The molecule has 7 heteroatoms. The van der Waals surface area contributed by atoms with Gasteiger partial charge in [-0.25, -0.2) is 4.79 Å². The molecule has 0 aliphatic rings. The van der Waals surface area contributed by atoms with E-state index in [9.17, 15) is 9.59 Å². The fraction of sp³-hybridized carbons (Fsp3) is 0.667. The van der Waals surface area contributed by atoms with Crippen LogP contribution in [-0.2, 0) is 9.59 Å². The number of hydrogen-bond donors (Lipinski definition) is 5. The van der Waals surface area contributed by atoms with Gasteiger partial charge < -0.3 is 25.5 Å². The molecule has 0 bridgehead atoms. The third-order valence-corrected chi connectivity index (χ3v) is 1.39. The first-order chi connectivity index (χ1) is 5.91. The Labute approximate surface area is 72.9 Å². The van der Waals surface area contributed by atoms with Crippen LogP contribution in [0, 0.1) is 0 Å². The molecule has 0 radical (unpaired) electrons. The highest BCUT2D eigenvalue weighted by Gasteiger charge is 2.33. The largest absolute Gasteiger partial charge is 0.479 e. The normalized spacial score (nSPS) is 17.5. The van der Waals surface area contributed by atoms with E-state index in [0.717, 1.165) is 0 Å². The zero-order valence-electron chi connectivity index (χ0n) is 6.49. The molecule has 0 rings (SSSR count). The van der Waals surface area contributed by atoms with E-state index in [1.54, 1.807) is 0 Å². The van der Waals surface area contributed by atoms with Gasteiger partial charge in [-0.2, -0.15) is 0 Å². The Hall–Kier alpha value is -1.02. The predicted molar refractivity (Wildman–Crippen MR) is 37.7 cm³/mol. The van der Waals surface area contributed by atoms with Crippen molar-refractivity contribution in [1.29, 1.82) is 0 Å². The summed E-state index contributed by atoms with van der Waals surface area (Å²) >= 11 is 0. The fourth-order valence-electron chi connectivity index (χ4n) is 0.603. The lowest BCUT2D eigenvalue weighted by molar-refractivity contribution is -0.161. The van der Waals surface area contributed by atoms with Gasteiger partial charge in [-0.05, 0) is 0 Å². The lowest BCUT2D eigenvalue weighted by Gasteiger charge is -2.17. The quantitative estimate of drug-likeness (QED) is 0.309. The number of carboxylic acids is 1. The summed E-state index contributed by atoms with van der Waals surface area (Å²) in [4.78, 5) is 20.6. The predicted octanol–water partition coefficient (Wildman–Crippen LogP) is -3.28. The third-order valence-electron chi connectivity index (χ3n) is 1.39. The number of carbonyl (C=O) groups excluding carboxylic acids is 1. The summed E-state index contributed by atoms with van der Waals surface area (Å²) in [5, 5.41) is 42.7. The van der Waals surface area contributed by atoms with Crippen molar-refractivity contribution in [2.24, 2.45) is 0 Å². The Kier molecular flexibility index (Phi) is 4.49. The maximum Gasteiger partial charge on any atom is 0.335 e. The van der Waals surface area contributed by atoms with Crippen LogP contribution in [0.5, 0.6) is 0 Å². The van der Waals surface area contributed by atoms with Crippen molar-refractivity contribution in [2.75, 3.05) is 6.61 Å². The highest BCUT2D eigenvalue weighted by Crippen LogP contribution is 2.01. The first-order valence-corrected chi connectivity index (χ1v) is 3.32. The minimum Gasteiger partial charge on any atom is -0.479 e. The molecule has 0 amide bonds. The smallest absolute Gasteiger partial charge is 0.335 e. The number of aliphatic hydroxyl groups excluding tert-OH is 4. The van der Waals surface area contributed by atoms with Gasteiger partial charge in [-0.15, -0.1) is 0 Å². The molecule has 0 saturated heterocycles. The van der Waals surface area contributed by atoms with Gasteiger partial charge >= 0.3 is 5.97 Å². The van der Waals surface area contributed by atoms with Gasteiger partial charge in [0.25, 0.3) is 0 Å². The minimum atomic E-state index is -2.26. The second kappa shape index (κ2) is 4.87. The molecule has 0 aromatic carbocycles. The van der Waals surface area contributed by atoms with Crippen LogP contribution in [0.1, 0.15) is 0 Å². The SMILES string of the molecule is O=C(O)[C@@H](O)[C@@H](O)[C@@H](O)C(=O)CO. The average Bonchev–Trinajstić information content (AvgIpc) is 2.12. The maximum absolute atomic E-state index is 10.5. The maximum atomic E-state index is 10.5. The second-order valence-electron chi connectivity index (χ2n) is 2.34. The van der Waals surface area contributed by atoms with Crippen LogP contribution in [0.15, 0.2) is 0 Å². The molecule has 0 saturated carbocycles. The van der Waals surface area contributed by atoms with Gasteiger partial charge in [0.15, 0.2) is 11.9 Å². The molecule has 76 valence electrons. The zero-order valence-corrected chi connectivity index (χ0v) is 6.49. The molecule has 5 N–H and O–H groups in total. The van der Waals surface area contributed by atoms with Crippen molar-refractivity contribution in [2.45, 2.75) is 18.3 Å². The van der Waals surface area contributed by atoms with Crippen LogP contribution in [-0.4, -0.2) is 62.2 Å². The van der Waals surface area contributed by atoms with Gasteiger partial charge in [0, 0.05) is 0 Å². The summed E-state index contributed by atoms with van der Waals surface area (Å²) in [6.07, 6.45) is -6.50. The number of carbonyl (C=O) groups is 2. The molecule has 13 heavy (non-hydrogen) atoms. The van der Waals surface area contributed by atoms with Crippen LogP contribution >= 0.6 is 0 Å². The Morgan fingerprint density at radius 2 is 1.54 bits per heavy atom. The van der Waals surface area contributed by atoms with E-state index in [1.807, 2.05) is 0 Å². The van der Waals surface area contributed by atoms with E-state index in [2.05, 4.69) is 0 Å². The molecule has 0 aliphatic carbocycles. The van der Waals surface area contributed by atoms with E-state index < -0.39 is 36.7 Å². The molecular weight excluding hydrogens is 184 g/mol. The number of aliphatic hydroxyl groups is 4. The van der Waals surface area contributed by atoms with Crippen LogP contribution in [0.4, 0.5) is 0 Å². The van der Waals surface area contributed by atoms with Crippen LogP contribution < -0.4 is 0 Å². The molecule has 3 atom stereocenters. The summed E-state index contributed by atoms with van der Waals surface area (Å²) in [5.41, 5.74) is 0. The van der Waals surface area contributed by atoms with E-state index in [1.165, 1.54) is 0 Å². The van der Waals surface area contributed by atoms with Gasteiger partial charge in [-0.1, -0.05) is 0 Å². The molecule has 0 unspecified atom stereocenters. The van der Waals surface area contributed by atoms with Crippen molar-refractivity contribution in [3.05, 3.63) is 0 Å². The highest BCUT2D eigenvalue weighted by molar-refractivity contribution is 5.85. The number of ketones is 1. The summed E-state index contributed by atoms with van der Waals surface area (Å²) in [6.45, 7) is -1.04. The lowest BCUT2D eigenvalue weighted by atomic mass is 10.1. The van der Waals surface area contributed by atoms with Crippen LogP contribution in [0.25, 0.3) is 0 Å². The van der Waals surface area contributed by atoms with Crippen molar-refractivity contribution in [1.82, 2.24) is 0 Å². The zero-order chi connectivity index (χ0) is 10.6. The van der Waals surface area contributed by atoms with Gasteiger partial charge in [-0.3, -0.25) is 4.79 Å². The van der Waals surface area contributed by atoms with Crippen molar-refractivity contribution >= 4 is 11.8 Å². The van der Waals surface area contributed by atoms with Crippen LogP contribution in [0.3, 0.4) is 0 Å². The molecule has 0 spiro atoms. The number of carboxylic acid groups (broad SMARTS) is 1. The number of aliphatic carboxylic acids is 1. The van der Waals surface area contributed by atoms with Crippen molar-refractivity contribution in [3.63, 3.8) is 0 Å². The molecule has 0 aliphatic heterocycles. The highest BCUT2D eigenvalue weighted by atomic mass is 16.4. The van der Waals surface area contributed by atoms with E-state index in [0.29, 0.717) is 0 Å². The number of Topliss-reactive ketones (excluding diaryl/α,β-unsaturated/α-hetero) is 1. The first-order valence-electron chi connectivity index (χ1n) is 3.32. The summed E-state index contributed by atoms with van der Waals surface area (Å²) < 4.78 is 0. The third kappa shape index (κ3) is 3.07. The fourth-order valence-corrected chi connectivity index (χ4v) is 0.603. The van der Waals surface area contributed by atoms with E-state index in [-0.39, 0.29) is 0 Å².